The molecule has 2 heterocycles. The lowest BCUT2D eigenvalue weighted by Gasteiger charge is -2.14. The van der Waals surface area contributed by atoms with E-state index in [0.29, 0.717) is 16.7 Å². The zero-order valence-corrected chi connectivity index (χ0v) is 21.4. The number of alkyl halides is 3. The van der Waals surface area contributed by atoms with Crippen molar-refractivity contribution < 1.29 is 22.7 Å². The van der Waals surface area contributed by atoms with E-state index in [1.807, 2.05) is 6.07 Å². The summed E-state index contributed by atoms with van der Waals surface area (Å²) in [6, 6.07) is 14.2. The minimum atomic E-state index is -4.60. The van der Waals surface area contributed by atoms with Crippen LogP contribution in [-0.4, -0.2) is 32.3 Å². The van der Waals surface area contributed by atoms with Crippen molar-refractivity contribution >= 4 is 23.7 Å². The number of halogens is 3. The van der Waals surface area contributed by atoms with Gasteiger partial charge in [-0.1, -0.05) is 24.3 Å². The fourth-order valence-corrected chi connectivity index (χ4v) is 4.57. The van der Waals surface area contributed by atoms with E-state index < -0.39 is 17.8 Å². The van der Waals surface area contributed by atoms with Gasteiger partial charge in [-0.3, -0.25) is 0 Å². The van der Waals surface area contributed by atoms with Crippen LogP contribution in [0.3, 0.4) is 0 Å². The van der Waals surface area contributed by atoms with Crippen molar-refractivity contribution in [1.82, 2.24) is 19.7 Å². The normalized spacial score (nSPS) is 13.1. The van der Waals surface area contributed by atoms with E-state index in [9.17, 15) is 18.0 Å². The van der Waals surface area contributed by atoms with Gasteiger partial charge in [-0.05, 0) is 85.7 Å². The first-order valence-electron chi connectivity index (χ1n) is 12.6. The molecule has 0 atom stereocenters. The highest BCUT2D eigenvalue weighted by Crippen LogP contribution is 2.33. The molecule has 5 rings (SSSR count). The zero-order chi connectivity index (χ0) is 27.6. The monoisotopic (exact) mass is 533 g/mol. The molecule has 1 aliphatic carbocycles. The number of carbonyl (C=O) groups excluding carboxylic acids is 1. The molecule has 0 aliphatic heterocycles. The molecular weight excluding hydrogens is 507 g/mol. The zero-order valence-electron chi connectivity index (χ0n) is 21.4. The van der Waals surface area contributed by atoms with Crippen LogP contribution in [0.1, 0.15) is 41.4 Å². The van der Waals surface area contributed by atoms with Crippen LogP contribution in [0.5, 0.6) is 0 Å². The Bertz CT molecular complexity index is 1560. The van der Waals surface area contributed by atoms with Gasteiger partial charge in [0.25, 0.3) is 0 Å². The first-order chi connectivity index (χ1) is 18.7. The number of fused-ring (bicyclic) bond motifs is 1. The van der Waals surface area contributed by atoms with Gasteiger partial charge in [-0.25, -0.2) is 14.5 Å². The summed E-state index contributed by atoms with van der Waals surface area (Å²) >= 11 is 0. The average Bonchev–Trinajstić information content (AvgIpc) is 3.54. The lowest BCUT2D eigenvalue weighted by Crippen LogP contribution is -2.10. The van der Waals surface area contributed by atoms with Gasteiger partial charge in [0.2, 0.25) is 5.95 Å². The predicted molar refractivity (Wildman–Crippen MR) is 142 cm³/mol. The molecule has 2 aromatic heterocycles. The molecule has 0 saturated carbocycles. The van der Waals surface area contributed by atoms with Crippen LogP contribution in [0.15, 0.2) is 60.8 Å². The van der Waals surface area contributed by atoms with E-state index in [-0.39, 0.29) is 24.1 Å². The minimum Gasteiger partial charge on any atom is -0.463 e. The van der Waals surface area contributed by atoms with Crippen molar-refractivity contribution in [3.63, 3.8) is 0 Å². The predicted octanol–water partition coefficient (Wildman–Crippen LogP) is 6.47. The van der Waals surface area contributed by atoms with Crippen LogP contribution in [-0.2, 0) is 28.5 Å². The Kier molecular flexibility index (Phi) is 7.19. The van der Waals surface area contributed by atoms with E-state index >= 15 is 0 Å². The fourth-order valence-electron chi connectivity index (χ4n) is 4.57. The summed E-state index contributed by atoms with van der Waals surface area (Å²) in [4.78, 5) is 20.8. The first kappa shape index (κ1) is 26.1. The molecule has 200 valence electrons. The molecule has 0 radical (unpaired) electrons. The van der Waals surface area contributed by atoms with Crippen molar-refractivity contribution in [3.8, 4) is 16.9 Å². The van der Waals surface area contributed by atoms with Gasteiger partial charge in [0, 0.05) is 29.2 Å². The second kappa shape index (κ2) is 10.7. The summed E-state index contributed by atoms with van der Waals surface area (Å²) in [5, 5.41) is 7.02. The highest BCUT2D eigenvalue weighted by atomic mass is 19.4. The number of nitrogens with one attached hydrogen (secondary N) is 1. The van der Waals surface area contributed by atoms with Gasteiger partial charge >= 0.3 is 12.1 Å². The molecule has 1 aliphatic rings. The topological polar surface area (TPSA) is 81.9 Å². The first-order valence-corrected chi connectivity index (χ1v) is 12.6. The van der Waals surface area contributed by atoms with Crippen LogP contribution in [0, 0.1) is 6.92 Å². The van der Waals surface area contributed by atoms with Gasteiger partial charge in [-0.2, -0.15) is 23.3 Å². The molecule has 39 heavy (non-hydrogen) atoms. The number of esters is 1. The SMILES string of the molecule is CCOC(=O)/C=C/c1cccc(-c2cnc(Nc3ccc4c(c3)CCC4)nc2-n2nc(C(F)(F)F)cc2C)c1. The maximum atomic E-state index is 13.5. The summed E-state index contributed by atoms with van der Waals surface area (Å²) in [5.74, 6) is -0.0533. The summed E-state index contributed by atoms with van der Waals surface area (Å²) in [5.41, 5.74) is 4.45. The van der Waals surface area contributed by atoms with Crippen LogP contribution < -0.4 is 5.32 Å². The van der Waals surface area contributed by atoms with E-state index in [2.05, 4.69) is 32.5 Å². The van der Waals surface area contributed by atoms with Gasteiger partial charge in [0.1, 0.15) is 0 Å². The third kappa shape index (κ3) is 5.84. The summed E-state index contributed by atoms with van der Waals surface area (Å²) in [6.45, 7) is 3.53. The molecule has 4 aromatic rings. The molecule has 1 N–H and O–H groups in total. The molecule has 2 aromatic carbocycles. The summed E-state index contributed by atoms with van der Waals surface area (Å²) in [6.07, 6.45) is 3.04. The highest BCUT2D eigenvalue weighted by Gasteiger charge is 2.35. The molecule has 0 spiro atoms. The minimum absolute atomic E-state index is 0.188. The van der Waals surface area contributed by atoms with Crippen molar-refractivity contribution in [2.45, 2.75) is 39.3 Å². The number of hydrogen-bond acceptors (Lipinski definition) is 6. The second-order valence-corrected chi connectivity index (χ2v) is 9.18. The number of ether oxygens (including phenoxy) is 1. The Morgan fingerprint density at radius 2 is 1.95 bits per heavy atom. The Balaban J connectivity index is 1.56. The molecule has 10 heteroatoms. The van der Waals surface area contributed by atoms with E-state index in [0.717, 1.165) is 31.0 Å². The Morgan fingerprint density at radius 1 is 1.13 bits per heavy atom. The van der Waals surface area contributed by atoms with E-state index in [4.69, 9.17) is 4.74 Å². The second-order valence-electron chi connectivity index (χ2n) is 9.18. The standard InChI is InChI=1S/C29H26F3N5O2/c1-3-39-26(38)13-10-19-6-4-9-22(15-19)24-17-33-28(34-23-12-11-20-7-5-8-21(20)16-23)35-27(24)37-18(2)14-25(36-37)29(30,31)32/h4,6,9-17H,3,5,7-8H2,1-2H3,(H,33,34,35)/b13-10+. The van der Waals surface area contributed by atoms with Gasteiger partial charge in [0.05, 0.1) is 6.61 Å². The van der Waals surface area contributed by atoms with Crippen molar-refractivity contribution in [2.75, 3.05) is 11.9 Å². The van der Waals surface area contributed by atoms with Crippen LogP contribution in [0.25, 0.3) is 23.0 Å². The quantitative estimate of drug-likeness (QED) is 0.217. The van der Waals surface area contributed by atoms with E-state index in [1.54, 1.807) is 50.4 Å². The molecule has 0 unspecified atom stereocenters. The maximum absolute atomic E-state index is 13.5. The number of rotatable bonds is 7. The Labute approximate surface area is 223 Å². The number of aromatic nitrogens is 4. The summed E-state index contributed by atoms with van der Waals surface area (Å²) < 4.78 is 46.6. The van der Waals surface area contributed by atoms with Crippen molar-refractivity contribution in [2.24, 2.45) is 0 Å². The largest absolute Gasteiger partial charge is 0.463 e. The molecular formula is C29H26F3N5O2. The van der Waals surface area contributed by atoms with Crippen molar-refractivity contribution in [3.05, 3.63) is 88.9 Å². The number of benzene rings is 2. The van der Waals surface area contributed by atoms with Crippen molar-refractivity contribution in [1.29, 1.82) is 0 Å². The smallest absolute Gasteiger partial charge is 0.435 e. The molecule has 7 nitrogen and oxygen atoms in total. The van der Waals surface area contributed by atoms with Crippen LogP contribution >= 0.6 is 0 Å². The lowest BCUT2D eigenvalue weighted by molar-refractivity contribution is -0.141. The number of hydrogen-bond donors (Lipinski definition) is 1. The van der Waals surface area contributed by atoms with Gasteiger partial charge in [-0.15, -0.1) is 0 Å². The number of carbonyl (C=O) groups is 1. The maximum Gasteiger partial charge on any atom is 0.435 e. The van der Waals surface area contributed by atoms with Crippen LogP contribution in [0.2, 0.25) is 0 Å². The van der Waals surface area contributed by atoms with Gasteiger partial charge < -0.3 is 10.1 Å². The van der Waals surface area contributed by atoms with Crippen LogP contribution in [0.4, 0.5) is 24.8 Å². The number of anilines is 2. The number of nitrogens with zero attached hydrogens (tertiary/aromatic N) is 4. The fraction of sp³-hybridized carbons (Fsp3) is 0.241. The Morgan fingerprint density at radius 3 is 2.72 bits per heavy atom. The molecule has 0 fully saturated rings. The molecule has 0 bridgehead atoms. The summed E-state index contributed by atoms with van der Waals surface area (Å²) in [7, 11) is 0. The Hall–Kier alpha value is -4.47. The van der Waals surface area contributed by atoms with Gasteiger partial charge in [0.15, 0.2) is 11.5 Å². The van der Waals surface area contributed by atoms with E-state index in [1.165, 1.54) is 21.9 Å². The molecule has 0 saturated heterocycles. The molecule has 0 amide bonds. The third-order valence-corrected chi connectivity index (χ3v) is 6.40. The third-order valence-electron chi connectivity index (χ3n) is 6.40. The highest BCUT2D eigenvalue weighted by molar-refractivity contribution is 5.87. The average molecular weight is 534 g/mol. The number of aryl methyl sites for hydroxylation is 3. The lowest BCUT2D eigenvalue weighted by atomic mass is 10.0.